The van der Waals surface area contributed by atoms with Gasteiger partial charge < -0.3 is 28.4 Å². The van der Waals surface area contributed by atoms with Crippen LogP contribution in [0.5, 0.6) is 5.75 Å². The van der Waals surface area contributed by atoms with Crippen LogP contribution >= 0.6 is 0 Å². The molecule has 2 amide bonds. The molecule has 4 aromatic rings. The average Bonchev–Trinajstić information content (AvgIpc) is 3.34. The van der Waals surface area contributed by atoms with E-state index in [-0.39, 0.29) is 11.9 Å². The first-order valence-electron chi connectivity index (χ1n) is 15.4. The number of esters is 1. The number of fused-ring (bicyclic) bond motifs is 2. The number of carbonyl (C=O) groups excluding carboxylic acids is 3. The lowest BCUT2D eigenvalue weighted by Crippen LogP contribution is -2.36. The van der Waals surface area contributed by atoms with Crippen molar-refractivity contribution in [2.24, 2.45) is 0 Å². The largest absolute Gasteiger partial charge is 0.494 e. The van der Waals surface area contributed by atoms with E-state index < -0.39 is 23.3 Å². The lowest BCUT2D eigenvalue weighted by atomic mass is 10.0. The Hall–Kier alpha value is -5.06. The Morgan fingerprint density at radius 1 is 0.894 bits per heavy atom. The predicted molar refractivity (Wildman–Crippen MR) is 182 cm³/mol. The Morgan fingerprint density at radius 2 is 1.62 bits per heavy atom. The maximum absolute atomic E-state index is 12.9. The Labute approximate surface area is 275 Å². The molecule has 0 fully saturated rings. The van der Waals surface area contributed by atoms with E-state index in [9.17, 15) is 14.4 Å². The molecule has 3 aromatic carbocycles. The SMILES string of the molecule is COC(=O)c1cc2ccc(C(=N)NC(=O)OC(C)(C)C)cc2n1Cc1cccc2cc(OCCCN(C)C(=O)OC(C)(C)C)ccc12. The van der Waals surface area contributed by atoms with Crippen molar-refractivity contribution in [3.63, 3.8) is 0 Å². The van der Waals surface area contributed by atoms with Gasteiger partial charge in [0.2, 0.25) is 0 Å². The number of methoxy groups -OCH3 is 1. The summed E-state index contributed by atoms with van der Waals surface area (Å²) in [6.45, 7) is 12.0. The molecule has 0 unspecified atom stereocenters. The second-order valence-electron chi connectivity index (χ2n) is 13.3. The Bertz CT molecular complexity index is 1800. The minimum Gasteiger partial charge on any atom is -0.494 e. The summed E-state index contributed by atoms with van der Waals surface area (Å²) in [5.74, 6) is 0.0949. The fraction of sp³-hybridized carbons (Fsp3) is 0.389. The number of carbonyl (C=O) groups is 3. The number of rotatable bonds is 9. The number of hydrogen-bond acceptors (Lipinski definition) is 8. The molecule has 0 spiro atoms. The summed E-state index contributed by atoms with van der Waals surface area (Å²) in [5, 5.41) is 13.7. The van der Waals surface area contributed by atoms with Crippen LogP contribution in [0.3, 0.4) is 0 Å². The van der Waals surface area contributed by atoms with E-state index in [1.165, 1.54) is 12.0 Å². The van der Waals surface area contributed by atoms with E-state index >= 15 is 0 Å². The van der Waals surface area contributed by atoms with Gasteiger partial charge in [-0.25, -0.2) is 14.4 Å². The Balaban J connectivity index is 1.54. The summed E-state index contributed by atoms with van der Waals surface area (Å²) in [4.78, 5) is 38.9. The van der Waals surface area contributed by atoms with Crippen LogP contribution in [0.15, 0.2) is 60.7 Å². The first kappa shape index (κ1) is 34.8. The topological polar surface area (TPSA) is 132 Å². The number of nitrogens with zero attached hydrogens (tertiary/aromatic N) is 2. The van der Waals surface area contributed by atoms with Crippen LogP contribution in [0.4, 0.5) is 9.59 Å². The van der Waals surface area contributed by atoms with Gasteiger partial charge in [0.05, 0.1) is 13.7 Å². The average molecular weight is 645 g/mol. The molecule has 2 N–H and O–H groups in total. The van der Waals surface area contributed by atoms with E-state index in [1.807, 2.05) is 61.7 Å². The normalized spacial score (nSPS) is 11.7. The fourth-order valence-electron chi connectivity index (χ4n) is 4.98. The maximum Gasteiger partial charge on any atom is 0.413 e. The fourth-order valence-corrected chi connectivity index (χ4v) is 4.98. The van der Waals surface area contributed by atoms with Gasteiger partial charge in [-0.1, -0.05) is 36.4 Å². The second kappa shape index (κ2) is 14.1. The van der Waals surface area contributed by atoms with Crippen molar-refractivity contribution in [2.45, 2.75) is 65.7 Å². The number of amides is 2. The minimum absolute atomic E-state index is 0.123. The summed E-state index contributed by atoms with van der Waals surface area (Å²) >= 11 is 0. The van der Waals surface area contributed by atoms with Gasteiger partial charge in [-0.05, 0) is 88.6 Å². The summed E-state index contributed by atoms with van der Waals surface area (Å²) in [6, 6.07) is 18.8. The van der Waals surface area contributed by atoms with Gasteiger partial charge >= 0.3 is 18.2 Å². The summed E-state index contributed by atoms with van der Waals surface area (Å²) < 4.78 is 23.6. The van der Waals surface area contributed by atoms with E-state index in [0.29, 0.717) is 48.6 Å². The molecule has 0 aliphatic rings. The van der Waals surface area contributed by atoms with Crippen molar-refractivity contribution in [2.75, 3.05) is 27.3 Å². The zero-order valence-corrected chi connectivity index (χ0v) is 28.4. The van der Waals surface area contributed by atoms with Gasteiger partial charge in [-0.2, -0.15) is 0 Å². The van der Waals surface area contributed by atoms with Crippen molar-refractivity contribution in [1.82, 2.24) is 14.8 Å². The lowest BCUT2D eigenvalue weighted by Gasteiger charge is -2.24. The lowest BCUT2D eigenvalue weighted by molar-refractivity contribution is 0.0291. The molecule has 0 aliphatic carbocycles. The zero-order chi connectivity index (χ0) is 34.5. The molecule has 0 saturated heterocycles. The molecule has 1 aromatic heterocycles. The number of nitrogens with one attached hydrogen (secondary N) is 2. The summed E-state index contributed by atoms with van der Waals surface area (Å²) in [5.41, 5.74) is 1.23. The molecule has 4 rings (SSSR count). The molecule has 1 heterocycles. The third-order valence-corrected chi connectivity index (χ3v) is 7.10. The molecule has 11 heteroatoms. The number of alkyl carbamates (subject to hydrolysis) is 1. The van der Waals surface area contributed by atoms with Crippen molar-refractivity contribution >= 4 is 45.7 Å². The number of hydrogen-bond donors (Lipinski definition) is 2. The van der Waals surface area contributed by atoms with Gasteiger partial charge in [0.15, 0.2) is 0 Å². The molecule has 250 valence electrons. The molecule has 0 bridgehead atoms. The highest BCUT2D eigenvalue weighted by molar-refractivity contribution is 6.07. The maximum atomic E-state index is 12.9. The number of benzene rings is 3. The van der Waals surface area contributed by atoms with E-state index in [4.69, 9.17) is 24.4 Å². The van der Waals surface area contributed by atoms with Crippen LogP contribution in [-0.2, 0) is 20.8 Å². The Morgan fingerprint density at radius 3 is 2.30 bits per heavy atom. The minimum atomic E-state index is -0.722. The monoisotopic (exact) mass is 644 g/mol. The van der Waals surface area contributed by atoms with Crippen molar-refractivity contribution in [1.29, 1.82) is 5.41 Å². The van der Waals surface area contributed by atoms with Crippen LogP contribution in [0.2, 0.25) is 0 Å². The smallest absolute Gasteiger partial charge is 0.413 e. The molecule has 0 aliphatic heterocycles. The van der Waals surface area contributed by atoms with Crippen LogP contribution < -0.4 is 10.1 Å². The van der Waals surface area contributed by atoms with Crippen molar-refractivity contribution < 1.29 is 33.3 Å². The third-order valence-electron chi connectivity index (χ3n) is 7.10. The highest BCUT2D eigenvalue weighted by Crippen LogP contribution is 2.28. The molecule has 0 radical (unpaired) electrons. The van der Waals surface area contributed by atoms with Gasteiger partial charge in [-0.15, -0.1) is 0 Å². The summed E-state index contributed by atoms with van der Waals surface area (Å²) in [6.07, 6.45) is -0.452. The van der Waals surface area contributed by atoms with Crippen LogP contribution in [0.1, 0.15) is 69.6 Å². The number of aromatic nitrogens is 1. The quantitative estimate of drug-likeness (QED) is 0.0652. The second-order valence-corrected chi connectivity index (χ2v) is 13.3. The highest BCUT2D eigenvalue weighted by atomic mass is 16.6. The van der Waals surface area contributed by atoms with E-state index in [0.717, 1.165) is 21.7 Å². The summed E-state index contributed by atoms with van der Waals surface area (Å²) in [7, 11) is 3.04. The predicted octanol–water partition coefficient (Wildman–Crippen LogP) is 7.12. The van der Waals surface area contributed by atoms with Crippen LogP contribution in [0.25, 0.3) is 21.7 Å². The van der Waals surface area contributed by atoms with Gasteiger partial charge in [0.25, 0.3) is 0 Å². The van der Waals surface area contributed by atoms with E-state index in [2.05, 4.69) is 5.32 Å². The molecular weight excluding hydrogens is 600 g/mol. The number of ether oxygens (including phenoxy) is 4. The van der Waals surface area contributed by atoms with Crippen molar-refractivity contribution in [3.8, 4) is 5.75 Å². The number of amidine groups is 1. The van der Waals surface area contributed by atoms with E-state index in [1.54, 1.807) is 52.1 Å². The third kappa shape index (κ3) is 9.25. The van der Waals surface area contributed by atoms with Gasteiger partial charge in [0.1, 0.15) is 28.5 Å². The van der Waals surface area contributed by atoms with Gasteiger partial charge in [-0.3, -0.25) is 10.7 Å². The first-order valence-corrected chi connectivity index (χ1v) is 15.4. The Kier molecular flexibility index (Phi) is 10.5. The zero-order valence-electron chi connectivity index (χ0n) is 28.4. The first-order chi connectivity index (χ1) is 22.0. The van der Waals surface area contributed by atoms with Crippen molar-refractivity contribution in [3.05, 3.63) is 77.5 Å². The highest BCUT2D eigenvalue weighted by Gasteiger charge is 2.21. The standard InChI is InChI=1S/C36H44N4O7/c1-35(2,3)46-33(42)38-31(37)25-14-13-24-20-30(32(41)44-8)40(29(24)21-25)22-26-12-9-11-23-19-27(15-16-28(23)26)45-18-10-17-39(7)34(43)47-36(4,5)6/h9,11-16,19-21H,10,17-18,22H2,1-8H3,(H2,37,38,42). The van der Waals surface area contributed by atoms with Crippen LogP contribution in [-0.4, -0.2) is 72.0 Å². The molecular formula is C36H44N4O7. The molecule has 47 heavy (non-hydrogen) atoms. The molecule has 0 saturated carbocycles. The molecule has 0 atom stereocenters. The van der Waals surface area contributed by atoms with Crippen LogP contribution in [0, 0.1) is 5.41 Å². The van der Waals surface area contributed by atoms with Gasteiger partial charge in [0, 0.05) is 36.6 Å². The molecule has 11 nitrogen and oxygen atoms in total.